The zero-order valence-corrected chi connectivity index (χ0v) is 7.50. The summed E-state index contributed by atoms with van der Waals surface area (Å²) in [6.45, 7) is 0.465. The lowest BCUT2D eigenvalue weighted by atomic mass is 10.3. The summed E-state index contributed by atoms with van der Waals surface area (Å²) in [6, 6.07) is 0. The molecule has 0 aromatic heterocycles. The molecule has 0 saturated heterocycles. The molecular weight excluding hydrogens is 144 g/mol. The average Bonchev–Trinajstić information content (AvgIpc) is 1.82. The van der Waals surface area contributed by atoms with Gasteiger partial charge >= 0.3 is 5.97 Å². The van der Waals surface area contributed by atoms with Gasteiger partial charge in [0.05, 0.1) is 0 Å². The Hall–Kier alpha value is -0.610. The van der Waals surface area contributed by atoms with Gasteiger partial charge in [-0.1, -0.05) is 0 Å². The number of carboxylic acid groups (broad SMARTS) is 1. The van der Waals surface area contributed by atoms with Crippen molar-refractivity contribution in [2.75, 3.05) is 27.7 Å². The van der Waals surface area contributed by atoms with Crippen LogP contribution in [-0.2, 0) is 4.79 Å². The molecular formula is C7H18N2O2. The van der Waals surface area contributed by atoms with Gasteiger partial charge in [0.1, 0.15) is 0 Å². The van der Waals surface area contributed by atoms with E-state index in [0.29, 0.717) is 13.0 Å². The van der Waals surface area contributed by atoms with Crippen molar-refractivity contribution >= 4 is 5.97 Å². The third-order valence-corrected chi connectivity index (χ3v) is 0.595. The maximum atomic E-state index is 9.70. The Bertz CT molecular complexity index is 91.7. The molecule has 11 heavy (non-hydrogen) atoms. The van der Waals surface area contributed by atoms with E-state index >= 15 is 0 Å². The molecule has 0 rings (SSSR count). The van der Waals surface area contributed by atoms with Gasteiger partial charge in [-0.2, -0.15) is 0 Å². The van der Waals surface area contributed by atoms with Crippen molar-refractivity contribution in [2.24, 2.45) is 5.73 Å². The van der Waals surface area contributed by atoms with E-state index < -0.39 is 5.97 Å². The van der Waals surface area contributed by atoms with Crippen LogP contribution in [0.5, 0.6) is 0 Å². The molecule has 0 unspecified atom stereocenters. The summed E-state index contributed by atoms with van der Waals surface area (Å²) in [6.07, 6.45) is 0.770. The van der Waals surface area contributed by atoms with Gasteiger partial charge in [0.2, 0.25) is 0 Å². The van der Waals surface area contributed by atoms with E-state index in [9.17, 15) is 4.79 Å². The van der Waals surface area contributed by atoms with Crippen molar-refractivity contribution < 1.29 is 9.90 Å². The number of aliphatic carboxylic acids is 1. The van der Waals surface area contributed by atoms with E-state index in [-0.39, 0.29) is 6.42 Å². The molecule has 0 aliphatic carbocycles. The molecule has 0 radical (unpaired) electrons. The Labute approximate surface area is 68.0 Å². The molecule has 0 saturated carbocycles. The van der Waals surface area contributed by atoms with Crippen LogP contribution in [0.2, 0.25) is 0 Å². The highest BCUT2D eigenvalue weighted by Gasteiger charge is 1.91. The smallest absolute Gasteiger partial charge is 0.303 e. The van der Waals surface area contributed by atoms with Crippen molar-refractivity contribution in [2.45, 2.75) is 12.8 Å². The predicted molar refractivity (Wildman–Crippen MR) is 45.5 cm³/mol. The fourth-order valence-electron chi connectivity index (χ4n) is 0.253. The quantitative estimate of drug-likeness (QED) is 0.612. The van der Waals surface area contributed by atoms with E-state index in [1.54, 1.807) is 0 Å². The first-order valence-corrected chi connectivity index (χ1v) is 3.53. The molecule has 0 aliphatic heterocycles. The Balaban J connectivity index is 0. The molecule has 0 aliphatic rings. The Kier molecular flexibility index (Phi) is 11.1. The lowest BCUT2D eigenvalue weighted by Gasteiger charge is -1.90. The fourth-order valence-corrected chi connectivity index (χ4v) is 0.253. The monoisotopic (exact) mass is 162 g/mol. The zero-order valence-electron chi connectivity index (χ0n) is 7.50. The van der Waals surface area contributed by atoms with Crippen LogP contribution >= 0.6 is 0 Å². The van der Waals surface area contributed by atoms with Crippen LogP contribution < -0.4 is 5.73 Å². The highest BCUT2D eigenvalue weighted by Crippen LogP contribution is 1.82. The largest absolute Gasteiger partial charge is 0.481 e. The number of nitrogens with two attached hydrogens (primary N) is 1. The lowest BCUT2D eigenvalue weighted by molar-refractivity contribution is -0.137. The zero-order chi connectivity index (χ0) is 9.28. The highest BCUT2D eigenvalue weighted by molar-refractivity contribution is 5.66. The number of hydrogen-bond donors (Lipinski definition) is 2. The van der Waals surface area contributed by atoms with E-state index in [4.69, 9.17) is 10.8 Å². The minimum Gasteiger partial charge on any atom is -0.481 e. The van der Waals surface area contributed by atoms with Crippen LogP contribution in [0.15, 0.2) is 0 Å². The number of carboxylic acids is 1. The molecule has 0 atom stereocenters. The summed E-state index contributed by atoms with van der Waals surface area (Å²) >= 11 is 0. The molecule has 68 valence electrons. The maximum Gasteiger partial charge on any atom is 0.303 e. The Morgan fingerprint density at radius 2 is 1.82 bits per heavy atom. The van der Waals surface area contributed by atoms with Gasteiger partial charge in [-0.15, -0.1) is 0 Å². The van der Waals surface area contributed by atoms with Crippen molar-refractivity contribution in [3.63, 3.8) is 0 Å². The van der Waals surface area contributed by atoms with E-state index in [2.05, 4.69) is 0 Å². The second kappa shape index (κ2) is 9.39. The summed E-state index contributed by atoms with van der Waals surface area (Å²) in [5, 5.41) is 7.99. The summed E-state index contributed by atoms with van der Waals surface area (Å²) in [5.74, 6) is -0.773. The molecule has 0 aromatic carbocycles. The molecule has 3 N–H and O–H groups in total. The predicted octanol–water partition coefficient (Wildman–Crippen LogP) is -0.0123. The first kappa shape index (κ1) is 13.0. The number of carbonyl (C=O) groups is 1. The van der Waals surface area contributed by atoms with Gasteiger partial charge in [-0.25, -0.2) is 0 Å². The van der Waals surface area contributed by atoms with E-state index in [0.717, 1.165) is 0 Å². The van der Waals surface area contributed by atoms with Crippen molar-refractivity contribution in [1.29, 1.82) is 0 Å². The van der Waals surface area contributed by atoms with Gasteiger partial charge in [-0.3, -0.25) is 4.79 Å². The second-order valence-corrected chi connectivity index (χ2v) is 2.63. The third-order valence-electron chi connectivity index (χ3n) is 0.595. The van der Waals surface area contributed by atoms with Gasteiger partial charge in [0, 0.05) is 6.42 Å². The van der Waals surface area contributed by atoms with Crippen LogP contribution in [0.1, 0.15) is 12.8 Å². The summed E-state index contributed by atoms with van der Waals surface area (Å²) in [7, 11) is 6.00. The molecule has 0 aromatic rings. The van der Waals surface area contributed by atoms with Gasteiger partial charge < -0.3 is 15.7 Å². The standard InChI is InChI=1S/C4H9NO2.C3H9N/c5-3-1-2-4(6)7;1-4(2)3/h1-3,5H2,(H,6,7);1-3H3. The van der Waals surface area contributed by atoms with Crippen molar-refractivity contribution in [3.05, 3.63) is 0 Å². The van der Waals surface area contributed by atoms with Crippen LogP contribution in [0.25, 0.3) is 0 Å². The van der Waals surface area contributed by atoms with Crippen molar-refractivity contribution in [1.82, 2.24) is 4.90 Å². The maximum absolute atomic E-state index is 9.70. The second-order valence-electron chi connectivity index (χ2n) is 2.63. The topological polar surface area (TPSA) is 66.6 Å². The SMILES string of the molecule is CN(C)C.NCCCC(=O)O. The lowest BCUT2D eigenvalue weighted by Crippen LogP contribution is -2.02. The molecule has 0 amide bonds. The number of rotatable bonds is 3. The Morgan fingerprint density at radius 1 is 1.45 bits per heavy atom. The normalized spacial score (nSPS) is 8.82. The molecule has 0 spiro atoms. The van der Waals surface area contributed by atoms with Crippen LogP contribution in [-0.4, -0.2) is 43.7 Å². The van der Waals surface area contributed by atoms with Gasteiger partial charge in [0.15, 0.2) is 0 Å². The molecule has 4 heteroatoms. The fraction of sp³-hybridized carbons (Fsp3) is 0.857. The summed E-state index contributed by atoms with van der Waals surface area (Å²) in [5.41, 5.74) is 5.01. The summed E-state index contributed by atoms with van der Waals surface area (Å²) in [4.78, 5) is 11.7. The molecule has 0 fully saturated rings. The molecule has 0 heterocycles. The van der Waals surface area contributed by atoms with E-state index in [1.165, 1.54) is 0 Å². The summed E-state index contributed by atoms with van der Waals surface area (Å²) < 4.78 is 0. The van der Waals surface area contributed by atoms with Crippen LogP contribution in [0.4, 0.5) is 0 Å². The first-order valence-electron chi connectivity index (χ1n) is 3.53. The minimum atomic E-state index is -0.773. The molecule has 4 nitrogen and oxygen atoms in total. The van der Waals surface area contributed by atoms with E-state index in [1.807, 2.05) is 26.0 Å². The number of hydrogen-bond acceptors (Lipinski definition) is 3. The third kappa shape index (κ3) is 44.6. The first-order chi connectivity index (χ1) is 5.00. The average molecular weight is 162 g/mol. The highest BCUT2D eigenvalue weighted by atomic mass is 16.4. The number of nitrogens with zero attached hydrogens (tertiary/aromatic N) is 1. The Morgan fingerprint density at radius 3 is 1.91 bits per heavy atom. The van der Waals surface area contributed by atoms with Gasteiger partial charge in [-0.05, 0) is 34.1 Å². The van der Waals surface area contributed by atoms with Crippen LogP contribution in [0, 0.1) is 0 Å². The van der Waals surface area contributed by atoms with Gasteiger partial charge in [0.25, 0.3) is 0 Å². The molecule has 0 bridgehead atoms. The minimum absolute atomic E-state index is 0.191. The van der Waals surface area contributed by atoms with Crippen LogP contribution in [0.3, 0.4) is 0 Å². The van der Waals surface area contributed by atoms with Crippen molar-refractivity contribution in [3.8, 4) is 0 Å².